The number of thiocarbonyl (C=S) groups is 1. The third-order valence-electron chi connectivity index (χ3n) is 4.11. The SMILES string of the molecule is NC(=S)N/N=C1/C[C@@H](n2nnn(-c3cccc(Cl)c3)c2=S)[C@H]2CO[C@H]1O2. The second-order valence-corrected chi connectivity index (χ2v) is 7.03. The highest BCUT2D eigenvalue weighted by Crippen LogP contribution is 2.33. The largest absolute Gasteiger partial charge is 0.375 e. The van der Waals surface area contributed by atoms with Gasteiger partial charge in [-0.25, -0.2) is 4.68 Å². The van der Waals surface area contributed by atoms with Crippen LogP contribution in [0, 0.1) is 4.77 Å². The van der Waals surface area contributed by atoms with Gasteiger partial charge in [0.1, 0.15) is 6.10 Å². The lowest BCUT2D eigenvalue weighted by Crippen LogP contribution is -2.39. The van der Waals surface area contributed by atoms with Crippen LogP contribution in [0.2, 0.25) is 5.02 Å². The Labute approximate surface area is 163 Å². The van der Waals surface area contributed by atoms with E-state index in [0.29, 0.717) is 28.5 Å². The first kappa shape index (κ1) is 17.5. The zero-order valence-electron chi connectivity index (χ0n) is 13.3. The molecule has 0 spiro atoms. The van der Waals surface area contributed by atoms with Gasteiger partial charge in [0.15, 0.2) is 11.4 Å². The van der Waals surface area contributed by atoms with Crippen LogP contribution in [0.5, 0.6) is 0 Å². The van der Waals surface area contributed by atoms with Gasteiger partial charge in [-0.15, -0.1) is 0 Å². The van der Waals surface area contributed by atoms with Crippen LogP contribution in [0.1, 0.15) is 12.5 Å². The van der Waals surface area contributed by atoms with Crippen molar-refractivity contribution in [3.8, 4) is 5.69 Å². The number of hydrogen-bond donors (Lipinski definition) is 2. The second-order valence-electron chi connectivity index (χ2n) is 5.79. The molecule has 2 aliphatic rings. The lowest BCUT2D eigenvalue weighted by atomic mass is 10.0. The minimum atomic E-state index is -0.518. The lowest BCUT2D eigenvalue weighted by Gasteiger charge is -2.27. The topological polar surface area (TPSA) is 105 Å². The summed E-state index contributed by atoms with van der Waals surface area (Å²) in [5.41, 5.74) is 9.36. The zero-order valence-corrected chi connectivity index (χ0v) is 15.7. The number of nitrogens with zero attached hydrogens (tertiary/aromatic N) is 5. The summed E-state index contributed by atoms with van der Waals surface area (Å²) in [4.78, 5) is 0. The molecule has 12 heteroatoms. The highest BCUT2D eigenvalue weighted by atomic mass is 35.5. The first-order valence-corrected chi connectivity index (χ1v) is 8.92. The predicted octanol–water partition coefficient (Wildman–Crippen LogP) is 1.33. The molecule has 0 amide bonds. The predicted molar refractivity (Wildman–Crippen MR) is 101 cm³/mol. The van der Waals surface area contributed by atoms with Gasteiger partial charge in [-0.2, -0.15) is 9.78 Å². The van der Waals surface area contributed by atoms with E-state index in [-0.39, 0.29) is 17.3 Å². The average Bonchev–Trinajstić information content (AvgIpc) is 3.19. The number of ether oxygens (including phenoxy) is 2. The molecule has 136 valence electrons. The van der Waals surface area contributed by atoms with E-state index < -0.39 is 6.29 Å². The van der Waals surface area contributed by atoms with Crippen LogP contribution >= 0.6 is 36.0 Å². The highest BCUT2D eigenvalue weighted by Gasteiger charge is 2.44. The van der Waals surface area contributed by atoms with Crippen LogP contribution in [0.3, 0.4) is 0 Å². The normalized spacial score (nSPS) is 26.2. The van der Waals surface area contributed by atoms with Crippen LogP contribution in [-0.2, 0) is 9.47 Å². The Morgan fingerprint density at radius 2 is 2.27 bits per heavy atom. The molecule has 2 aromatic rings. The summed E-state index contributed by atoms with van der Waals surface area (Å²) in [5.74, 6) is 0. The Morgan fingerprint density at radius 3 is 3.04 bits per heavy atom. The number of hydrogen-bond acceptors (Lipinski definition) is 7. The van der Waals surface area contributed by atoms with Gasteiger partial charge in [-0.1, -0.05) is 17.7 Å². The molecule has 26 heavy (non-hydrogen) atoms. The van der Waals surface area contributed by atoms with Crippen molar-refractivity contribution in [2.75, 3.05) is 6.61 Å². The number of tetrazole rings is 1. The number of halogens is 1. The zero-order chi connectivity index (χ0) is 18.3. The van der Waals surface area contributed by atoms with Crippen molar-refractivity contribution in [3.05, 3.63) is 34.1 Å². The van der Waals surface area contributed by atoms with E-state index >= 15 is 0 Å². The molecule has 9 nitrogen and oxygen atoms in total. The minimum Gasteiger partial charge on any atom is -0.375 e. The molecule has 2 bridgehead atoms. The molecule has 3 atom stereocenters. The number of fused-ring (bicyclic) bond motifs is 2. The van der Waals surface area contributed by atoms with E-state index in [0.717, 1.165) is 5.69 Å². The standard InChI is InChI=1S/C14H14ClN7O2S2/c15-7-2-1-3-8(4-7)21-14(26)22(20-19-21)10-5-9(17-18-13(16)25)12-23-6-11(10)24-12/h1-4,10-12H,5-6H2,(H3,16,18,25)/b17-9-/t10-,11-,12+/m1/s1. The molecule has 0 radical (unpaired) electrons. The molecule has 3 heterocycles. The number of nitrogens with one attached hydrogen (secondary N) is 1. The summed E-state index contributed by atoms with van der Waals surface area (Å²) in [6.07, 6.45) is -0.191. The fraction of sp³-hybridized carbons (Fsp3) is 0.357. The molecule has 4 rings (SSSR count). The summed E-state index contributed by atoms with van der Waals surface area (Å²) in [5, 5.41) is 13.2. The van der Waals surface area contributed by atoms with Crippen molar-refractivity contribution in [1.82, 2.24) is 25.2 Å². The van der Waals surface area contributed by atoms with Gasteiger partial charge in [-0.05, 0) is 53.1 Å². The molecular weight excluding hydrogens is 398 g/mol. The molecule has 1 aromatic carbocycles. The first-order valence-electron chi connectivity index (χ1n) is 7.72. The smallest absolute Gasteiger partial charge is 0.221 e. The Morgan fingerprint density at radius 1 is 1.42 bits per heavy atom. The van der Waals surface area contributed by atoms with Gasteiger partial charge in [0, 0.05) is 11.4 Å². The quantitative estimate of drug-likeness (QED) is 0.575. The summed E-state index contributed by atoms with van der Waals surface area (Å²) in [6, 6.07) is 7.01. The molecular formula is C14H14ClN7O2S2. The molecule has 2 aliphatic heterocycles. The molecule has 3 N–H and O–H groups in total. The third-order valence-corrected chi connectivity index (χ3v) is 4.80. The Bertz CT molecular complexity index is 943. The Hall–Kier alpha value is -1.92. The summed E-state index contributed by atoms with van der Waals surface area (Å²) in [7, 11) is 0. The monoisotopic (exact) mass is 411 g/mol. The van der Waals surface area contributed by atoms with Gasteiger partial charge in [0.25, 0.3) is 0 Å². The van der Waals surface area contributed by atoms with Crippen LogP contribution in [0.15, 0.2) is 29.4 Å². The fourth-order valence-corrected chi connectivity index (χ4v) is 3.49. The van der Waals surface area contributed by atoms with Gasteiger partial charge in [0.05, 0.1) is 24.0 Å². The summed E-state index contributed by atoms with van der Waals surface area (Å²) < 4.78 is 15.1. The average molecular weight is 412 g/mol. The van der Waals surface area contributed by atoms with Crippen LogP contribution in [0.4, 0.5) is 0 Å². The Kier molecular flexibility index (Phi) is 4.71. The number of benzene rings is 1. The molecule has 1 aromatic heterocycles. The van der Waals surface area contributed by atoms with Crippen molar-refractivity contribution >= 4 is 46.9 Å². The maximum atomic E-state index is 6.05. The fourth-order valence-electron chi connectivity index (χ4n) is 2.94. The van der Waals surface area contributed by atoms with Crippen LogP contribution in [-0.4, -0.2) is 49.6 Å². The van der Waals surface area contributed by atoms with E-state index in [1.54, 1.807) is 21.5 Å². The molecule has 0 aliphatic carbocycles. The number of nitrogens with two attached hydrogens (primary N) is 1. The van der Waals surface area contributed by atoms with Crippen molar-refractivity contribution in [1.29, 1.82) is 0 Å². The number of rotatable bonds is 3. The van der Waals surface area contributed by atoms with Gasteiger partial charge in [-0.3, -0.25) is 5.43 Å². The van der Waals surface area contributed by atoms with E-state index in [9.17, 15) is 0 Å². The van der Waals surface area contributed by atoms with Gasteiger partial charge >= 0.3 is 0 Å². The van der Waals surface area contributed by atoms with Crippen LogP contribution < -0.4 is 11.2 Å². The van der Waals surface area contributed by atoms with Crippen LogP contribution in [0.25, 0.3) is 5.69 Å². The van der Waals surface area contributed by atoms with E-state index in [1.165, 1.54) is 0 Å². The summed E-state index contributed by atoms with van der Waals surface area (Å²) in [6.45, 7) is 0.410. The van der Waals surface area contributed by atoms with E-state index in [4.69, 9.17) is 51.2 Å². The molecule has 2 fully saturated rings. The van der Waals surface area contributed by atoms with Gasteiger partial charge in [0.2, 0.25) is 4.77 Å². The van der Waals surface area contributed by atoms with E-state index in [1.807, 2.05) is 12.1 Å². The number of hydrazone groups is 1. The third kappa shape index (κ3) is 3.23. The van der Waals surface area contributed by atoms with Crippen molar-refractivity contribution in [2.24, 2.45) is 10.8 Å². The highest BCUT2D eigenvalue weighted by molar-refractivity contribution is 7.80. The molecule has 0 unspecified atom stereocenters. The maximum Gasteiger partial charge on any atom is 0.221 e. The van der Waals surface area contributed by atoms with Crippen molar-refractivity contribution in [3.63, 3.8) is 0 Å². The van der Waals surface area contributed by atoms with Crippen molar-refractivity contribution < 1.29 is 9.47 Å². The molecule has 2 saturated heterocycles. The van der Waals surface area contributed by atoms with Crippen molar-refractivity contribution in [2.45, 2.75) is 24.9 Å². The Balaban J connectivity index is 1.66. The number of aromatic nitrogens is 4. The van der Waals surface area contributed by atoms with E-state index in [2.05, 4.69) is 21.0 Å². The lowest BCUT2D eigenvalue weighted by molar-refractivity contribution is -0.0324. The van der Waals surface area contributed by atoms with Gasteiger partial charge < -0.3 is 15.2 Å². The molecule has 0 saturated carbocycles. The summed E-state index contributed by atoms with van der Waals surface area (Å²) >= 11 is 16.4. The first-order chi connectivity index (χ1) is 12.5. The second kappa shape index (κ2) is 7.00. The minimum absolute atomic E-state index is 0.0673. The maximum absolute atomic E-state index is 6.05.